The summed E-state index contributed by atoms with van der Waals surface area (Å²) in [7, 11) is 0. The molecule has 6 heteroatoms. The topological polar surface area (TPSA) is 58.6 Å². The van der Waals surface area contributed by atoms with Crippen LogP contribution in [0.3, 0.4) is 0 Å². The summed E-state index contributed by atoms with van der Waals surface area (Å²) in [5.41, 5.74) is 2.32. The molecular weight excluding hydrogens is 468 g/mol. The van der Waals surface area contributed by atoms with Crippen LogP contribution in [0.25, 0.3) is 0 Å². The van der Waals surface area contributed by atoms with E-state index in [0.29, 0.717) is 5.56 Å². The first-order chi connectivity index (χ1) is 15.3. The Bertz CT molecular complexity index is 1110. The molecule has 0 unspecified atom stereocenters. The highest BCUT2D eigenvalue weighted by Crippen LogP contribution is 2.38. The Morgan fingerprint density at radius 3 is 2.38 bits per heavy atom. The second-order valence-corrected chi connectivity index (χ2v) is 9.29. The van der Waals surface area contributed by atoms with Crippen LogP contribution in [0.1, 0.15) is 47.8 Å². The number of hydrogen-bond acceptors (Lipinski definition) is 4. The number of halogens is 1. The van der Waals surface area contributed by atoms with E-state index in [1.165, 1.54) is 5.06 Å². The molecule has 164 valence electrons. The molecule has 3 aromatic carbocycles. The van der Waals surface area contributed by atoms with E-state index >= 15 is 0 Å². The molecule has 0 aromatic heterocycles. The number of ketones is 1. The largest absolute Gasteiger partial charge is 0.371 e. The number of fused-ring (bicyclic) bond motifs is 1. The first-order valence-corrected chi connectivity index (χ1v) is 11.3. The van der Waals surface area contributed by atoms with Gasteiger partial charge in [-0.05, 0) is 37.6 Å². The molecule has 5 nitrogen and oxygen atoms in total. The number of nitrogens with one attached hydrogen (secondary N) is 1. The van der Waals surface area contributed by atoms with Crippen molar-refractivity contribution in [1.82, 2.24) is 5.06 Å². The van der Waals surface area contributed by atoms with Gasteiger partial charge in [0.15, 0.2) is 5.78 Å². The van der Waals surface area contributed by atoms with Gasteiger partial charge in [-0.1, -0.05) is 76.6 Å². The molecule has 0 spiro atoms. The maximum Gasteiger partial charge on any atom is 0.271 e. The number of carbonyl (C=O) groups is 2. The fourth-order valence-electron chi connectivity index (χ4n) is 3.82. The van der Waals surface area contributed by atoms with Gasteiger partial charge in [-0.25, -0.2) is 5.06 Å². The molecule has 1 aliphatic rings. The standard InChI is InChI=1S/C26H25BrN2O3/c1-26(2)25(31)29(32-17-18-8-4-3-5-9-18)23(21-10-6-7-11-22(21)28-26)16-24(30)19-12-14-20(27)15-13-19/h3-15,23,28H,16-17H2,1-2H3/t23-/m1/s1. The molecule has 1 heterocycles. The zero-order valence-electron chi connectivity index (χ0n) is 18.0. The average molecular weight is 493 g/mol. The summed E-state index contributed by atoms with van der Waals surface area (Å²) in [6.45, 7) is 3.88. The van der Waals surface area contributed by atoms with Gasteiger partial charge >= 0.3 is 0 Å². The fraction of sp³-hybridized carbons (Fsp3) is 0.231. The van der Waals surface area contributed by atoms with Crippen molar-refractivity contribution in [2.45, 2.75) is 38.5 Å². The Kier molecular flexibility index (Phi) is 6.44. The normalized spacial score (nSPS) is 17.3. The van der Waals surface area contributed by atoms with Gasteiger partial charge in [-0.15, -0.1) is 0 Å². The van der Waals surface area contributed by atoms with Crippen LogP contribution in [0, 0.1) is 0 Å². The van der Waals surface area contributed by atoms with Gasteiger partial charge in [0.25, 0.3) is 5.91 Å². The zero-order chi connectivity index (χ0) is 22.7. The molecule has 1 aliphatic heterocycles. The van der Waals surface area contributed by atoms with Crippen molar-refractivity contribution in [2.75, 3.05) is 5.32 Å². The number of Topliss-reactive ketones (excluding diaryl/α,β-unsaturated/α-hetero) is 1. The number of anilines is 1. The van der Waals surface area contributed by atoms with Gasteiger partial charge < -0.3 is 5.32 Å². The van der Waals surface area contributed by atoms with Crippen LogP contribution < -0.4 is 5.32 Å². The van der Waals surface area contributed by atoms with Gasteiger partial charge in [0, 0.05) is 27.7 Å². The molecular formula is C26H25BrN2O3. The lowest BCUT2D eigenvalue weighted by Gasteiger charge is -2.33. The third-order valence-electron chi connectivity index (χ3n) is 5.54. The Labute approximate surface area is 196 Å². The molecule has 3 aromatic rings. The van der Waals surface area contributed by atoms with Gasteiger partial charge in [-0.3, -0.25) is 14.4 Å². The van der Waals surface area contributed by atoms with Crippen LogP contribution in [0.5, 0.6) is 0 Å². The Morgan fingerprint density at radius 1 is 1.00 bits per heavy atom. The van der Waals surface area contributed by atoms with Gasteiger partial charge in [0.2, 0.25) is 0 Å². The van der Waals surface area contributed by atoms with Crippen molar-refractivity contribution < 1.29 is 14.4 Å². The summed E-state index contributed by atoms with van der Waals surface area (Å²) in [5, 5.41) is 4.73. The van der Waals surface area contributed by atoms with Gasteiger partial charge in [-0.2, -0.15) is 0 Å². The maximum absolute atomic E-state index is 13.6. The van der Waals surface area contributed by atoms with Gasteiger partial charge in [0.1, 0.15) is 12.1 Å². The van der Waals surface area contributed by atoms with Crippen LogP contribution in [0.2, 0.25) is 0 Å². The smallest absolute Gasteiger partial charge is 0.271 e. The van der Waals surface area contributed by atoms with Crippen molar-refractivity contribution in [3.05, 3.63) is 100 Å². The highest BCUT2D eigenvalue weighted by molar-refractivity contribution is 9.10. The molecule has 0 fully saturated rings. The minimum absolute atomic E-state index is 0.0573. The summed E-state index contributed by atoms with van der Waals surface area (Å²) in [5.74, 6) is -0.281. The Morgan fingerprint density at radius 2 is 1.66 bits per heavy atom. The van der Waals surface area contributed by atoms with E-state index in [1.807, 2.05) is 80.6 Å². The molecule has 32 heavy (non-hydrogen) atoms. The number of hydrogen-bond donors (Lipinski definition) is 1. The highest BCUT2D eigenvalue weighted by atomic mass is 79.9. The monoisotopic (exact) mass is 492 g/mol. The fourth-order valence-corrected chi connectivity index (χ4v) is 4.09. The molecule has 0 aliphatic carbocycles. The first kappa shape index (κ1) is 22.2. The number of carbonyl (C=O) groups excluding carboxylic acids is 2. The van der Waals surface area contributed by atoms with Crippen molar-refractivity contribution >= 4 is 33.3 Å². The number of benzene rings is 3. The quantitative estimate of drug-likeness (QED) is 0.433. The minimum Gasteiger partial charge on any atom is -0.371 e. The molecule has 1 N–H and O–H groups in total. The molecule has 0 bridgehead atoms. The molecule has 4 rings (SSSR count). The SMILES string of the molecule is CC1(C)Nc2ccccc2[C@@H](CC(=O)c2ccc(Br)cc2)N(OCc2ccccc2)C1=O. The second kappa shape index (κ2) is 9.27. The number of amides is 1. The van der Waals surface area contributed by atoms with Gasteiger partial charge in [0.05, 0.1) is 6.04 Å². The van der Waals surface area contributed by atoms with E-state index < -0.39 is 11.6 Å². The van der Waals surface area contributed by atoms with Crippen molar-refractivity contribution in [3.8, 4) is 0 Å². The van der Waals surface area contributed by atoms with Crippen molar-refractivity contribution in [1.29, 1.82) is 0 Å². The lowest BCUT2D eigenvalue weighted by atomic mass is 9.96. The van der Waals surface area contributed by atoms with E-state index in [0.717, 1.165) is 21.3 Å². The lowest BCUT2D eigenvalue weighted by molar-refractivity contribution is -0.209. The van der Waals surface area contributed by atoms with E-state index in [9.17, 15) is 9.59 Å². The molecule has 0 saturated carbocycles. The van der Waals surface area contributed by atoms with Crippen LogP contribution in [0.15, 0.2) is 83.3 Å². The third kappa shape index (κ3) is 4.76. The summed E-state index contributed by atoms with van der Waals surface area (Å²) in [6.07, 6.45) is 0.108. The van der Waals surface area contributed by atoms with Crippen molar-refractivity contribution in [3.63, 3.8) is 0 Å². The number of rotatable bonds is 6. The predicted molar refractivity (Wildman–Crippen MR) is 128 cm³/mol. The number of hydroxylamine groups is 2. The summed E-state index contributed by atoms with van der Waals surface area (Å²) >= 11 is 3.40. The van der Waals surface area contributed by atoms with Crippen LogP contribution in [0.4, 0.5) is 5.69 Å². The van der Waals surface area contributed by atoms with E-state index in [4.69, 9.17) is 4.84 Å². The van der Waals surface area contributed by atoms with Crippen LogP contribution in [-0.4, -0.2) is 22.3 Å². The summed E-state index contributed by atoms with van der Waals surface area (Å²) in [6, 6.07) is 24.1. The summed E-state index contributed by atoms with van der Waals surface area (Å²) in [4.78, 5) is 32.9. The third-order valence-corrected chi connectivity index (χ3v) is 6.07. The molecule has 1 amide bonds. The van der Waals surface area contributed by atoms with Crippen LogP contribution in [-0.2, 0) is 16.2 Å². The number of para-hydroxylation sites is 1. The minimum atomic E-state index is -0.901. The second-order valence-electron chi connectivity index (χ2n) is 8.38. The molecule has 0 radical (unpaired) electrons. The lowest BCUT2D eigenvalue weighted by Crippen LogP contribution is -2.49. The number of nitrogens with zero attached hydrogens (tertiary/aromatic N) is 1. The maximum atomic E-state index is 13.6. The van der Waals surface area contributed by atoms with E-state index in [2.05, 4.69) is 21.2 Å². The van der Waals surface area contributed by atoms with E-state index in [-0.39, 0.29) is 24.7 Å². The summed E-state index contributed by atoms with van der Waals surface area (Å²) < 4.78 is 0.905. The van der Waals surface area contributed by atoms with Crippen LogP contribution >= 0.6 is 15.9 Å². The molecule has 0 saturated heterocycles. The highest BCUT2D eigenvalue weighted by Gasteiger charge is 2.42. The Hall–Kier alpha value is -2.96. The zero-order valence-corrected chi connectivity index (χ0v) is 19.6. The van der Waals surface area contributed by atoms with Crippen molar-refractivity contribution in [2.24, 2.45) is 0 Å². The molecule has 1 atom stereocenters. The first-order valence-electron chi connectivity index (χ1n) is 10.5. The predicted octanol–water partition coefficient (Wildman–Crippen LogP) is 5.93. The Balaban J connectivity index is 1.71. The van der Waals surface area contributed by atoms with E-state index in [1.54, 1.807) is 12.1 Å². The average Bonchev–Trinajstić information content (AvgIpc) is 2.86.